The molecule has 1 amide bonds. The van der Waals surface area contributed by atoms with E-state index >= 15 is 0 Å². The number of halogens is 1. The predicted molar refractivity (Wildman–Crippen MR) is 104 cm³/mol. The minimum absolute atomic E-state index is 0. The zero-order valence-electron chi connectivity index (χ0n) is 15.1. The van der Waals surface area contributed by atoms with Gasteiger partial charge in [0, 0.05) is 25.0 Å². The van der Waals surface area contributed by atoms with Crippen molar-refractivity contribution in [3.05, 3.63) is 63.1 Å². The van der Waals surface area contributed by atoms with Gasteiger partial charge in [0.15, 0.2) is 0 Å². The highest BCUT2D eigenvalue weighted by molar-refractivity contribution is 5.95. The number of nitrogens with zero attached hydrogens (tertiary/aromatic N) is 2. The van der Waals surface area contributed by atoms with Crippen molar-refractivity contribution < 1.29 is 4.79 Å². The molecule has 6 nitrogen and oxygen atoms in total. The fourth-order valence-corrected chi connectivity index (χ4v) is 3.63. The van der Waals surface area contributed by atoms with E-state index in [-0.39, 0.29) is 35.8 Å². The molecule has 1 aliphatic heterocycles. The molecule has 1 aliphatic rings. The van der Waals surface area contributed by atoms with Gasteiger partial charge in [-0.2, -0.15) is 5.10 Å². The lowest BCUT2D eigenvalue weighted by atomic mass is 9.95. The van der Waals surface area contributed by atoms with Crippen LogP contribution in [0.25, 0.3) is 0 Å². The highest BCUT2D eigenvalue weighted by atomic mass is 35.5. The molecule has 26 heavy (non-hydrogen) atoms. The average Bonchev–Trinajstić information content (AvgIpc) is 3.03. The molecular weight excluding hydrogens is 352 g/mol. The number of carbonyl (C=O) groups is 1. The van der Waals surface area contributed by atoms with Crippen LogP contribution in [0.5, 0.6) is 0 Å². The first-order valence-corrected chi connectivity index (χ1v) is 8.77. The Morgan fingerprint density at radius 3 is 2.54 bits per heavy atom. The summed E-state index contributed by atoms with van der Waals surface area (Å²) < 4.78 is 0. The van der Waals surface area contributed by atoms with Crippen LogP contribution in [0.1, 0.15) is 46.9 Å². The molecule has 1 aromatic heterocycles. The molecule has 1 fully saturated rings. The number of carbonyl (C=O) groups excluding carboxylic acids is 1. The van der Waals surface area contributed by atoms with E-state index in [1.54, 1.807) is 4.90 Å². The first kappa shape index (κ1) is 20.1. The lowest BCUT2D eigenvalue weighted by molar-refractivity contribution is 0.0785. The Morgan fingerprint density at radius 2 is 1.92 bits per heavy atom. The summed E-state index contributed by atoms with van der Waals surface area (Å²) in [5.74, 6) is -0.161. The van der Waals surface area contributed by atoms with Crippen LogP contribution in [0, 0.1) is 0 Å². The van der Waals surface area contributed by atoms with Crippen LogP contribution in [0.3, 0.4) is 0 Å². The number of aromatic nitrogens is 2. The predicted octanol–water partition coefficient (Wildman–Crippen LogP) is 1.88. The van der Waals surface area contributed by atoms with E-state index in [0.29, 0.717) is 25.9 Å². The maximum atomic E-state index is 13.1. The Bertz CT molecular complexity index is 822. The van der Waals surface area contributed by atoms with Gasteiger partial charge in [-0.25, -0.2) is 5.10 Å². The lowest BCUT2D eigenvalue weighted by Crippen LogP contribution is -2.36. The minimum atomic E-state index is -0.421. The molecule has 0 radical (unpaired) electrons. The van der Waals surface area contributed by atoms with Gasteiger partial charge in [0.25, 0.3) is 11.5 Å². The molecule has 1 aromatic carbocycles. The van der Waals surface area contributed by atoms with Crippen molar-refractivity contribution in [1.29, 1.82) is 0 Å². The summed E-state index contributed by atoms with van der Waals surface area (Å²) in [5, 5.41) is 6.55. The molecule has 2 heterocycles. The second-order valence-electron chi connectivity index (χ2n) is 6.45. The van der Waals surface area contributed by atoms with E-state index in [0.717, 1.165) is 16.8 Å². The van der Waals surface area contributed by atoms with Gasteiger partial charge in [-0.15, -0.1) is 12.4 Å². The molecule has 0 spiro atoms. The average molecular weight is 377 g/mol. The first-order chi connectivity index (χ1) is 12.1. The van der Waals surface area contributed by atoms with Crippen molar-refractivity contribution in [2.75, 3.05) is 13.1 Å². The third kappa shape index (κ3) is 3.66. The number of likely N-dealkylation sites (tertiary alicyclic amines) is 1. The number of nitrogens with one attached hydrogen (secondary N) is 1. The van der Waals surface area contributed by atoms with E-state index in [1.807, 2.05) is 44.2 Å². The van der Waals surface area contributed by atoms with Crippen LogP contribution in [-0.4, -0.2) is 40.1 Å². The molecule has 2 aromatic rings. The number of hydrogen-bond donors (Lipinski definition) is 2. The van der Waals surface area contributed by atoms with Gasteiger partial charge >= 0.3 is 0 Å². The molecule has 3 N–H and O–H groups in total. The van der Waals surface area contributed by atoms with Gasteiger partial charge in [-0.05, 0) is 24.0 Å². The fourth-order valence-electron chi connectivity index (χ4n) is 3.63. The SMILES string of the molecule is CCc1n[nH]c(=O)c(C(=O)N2C[C@@H](N)[C@H](c3ccccc3)C2)c1CC.Cl. The van der Waals surface area contributed by atoms with Gasteiger partial charge < -0.3 is 10.6 Å². The number of rotatable bonds is 4. The summed E-state index contributed by atoms with van der Waals surface area (Å²) in [4.78, 5) is 27.1. The molecule has 0 unspecified atom stereocenters. The number of benzene rings is 1. The van der Waals surface area contributed by atoms with E-state index in [4.69, 9.17) is 5.73 Å². The number of nitrogens with two attached hydrogens (primary N) is 1. The molecule has 0 aliphatic carbocycles. The minimum Gasteiger partial charge on any atom is -0.336 e. The standard InChI is InChI=1S/C19H24N4O2.ClH/c1-3-13-16(4-2)21-22-18(24)17(13)19(25)23-10-14(15(20)11-23)12-8-6-5-7-9-12;/h5-9,14-15H,3-4,10-11,20H2,1-2H3,(H,22,24);1H/t14-,15+;/m0./s1. The molecule has 7 heteroatoms. The van der Waals surface area contributed by atoms with Crippen molar-refractivity contribution in [2.24, 2.45) is 5.73 Å². The van der Waals surface area contributed by atoms with Crippen LogP contribution >= 0.6 is 12.4 Å². The van der Waals surface area contributed by atoms with Gasteiger partial charge in [0.1, 0.15) is 5.56 Å². The van der Waals surface area contributed by atoms with Crippen molar-refractivity contribution in [3.63, 3.8) is 0 Å². The van der Waals surface area contributed by atoms with Gasteiger partial charge in [0.2, 0.25) is 0 Å². The van der Waals surface area contributed by atoms with Crippen LogP contribution in [0.4, 0.5) is 0 Å². The zero-order chi connectivity index (χ0) is 18.0. The fraction of sp³-hybridized carbons (Fsp3) is 0.421. The molecule has 3 rings (SSSR count). The van der Waals surface area contributed by atoms with Crippen molar-refractivity contribution in [1.82, 2.24) is 15.1 Å². The summed E-state index contributed by atoms with van der Waals surface area (Å²) >= 11 is 0. The first-order valence-electron chi connectivity index (χ1n) is 8.77. The lowest BCUT2D eigenvalue weighted by Gasteiger charge is -2.18. The molecule has 2 atom stereocenters. The second-order valence-corrected chi connectivity index (χ2v) is 6.45. The Labute approximate surface area is 159 Å². The van der Waals surface area contributed by atoms with Crippen molar-refractivity contribution in [3.8, 4) is 0 Å². The summed E-state index contributed by atoms with van der Waals surface area (Å²) in [5.41, 5.74) is 8.73. The van der Waals surface area contributed by atoms with Gasteiger partial charge in [0.05, 0.1) is 5.69 Å². The van der Waals surface area contributed by atoms with Crippen LogP contribution in [0.15, 0.2) is 35.1 Å². The molecule has 140 valence electrons. The van der Waals surface area contributed by atoms with Gasteiger partial charge in [-0.3, -0.25) is 9.59 Å². The van der Waals surface area contributed by atoms with E-state index in [2.05, 4.69) is 10.2 Å². The number of H-pyrrole nitrogens is 1. The van der Waals surface area contributed by atoms with E-state index in [1.165, 1.54) is 0 Å². The normalized spacial score (nSPS) is 19.3. The van der Waals surface area contributed by atoms with Crippen molar-refractivity contribution in [2.45, 2.75) is 38.6 Å². The highest BCUT2D eigenvalue weighted by Gasteiger charge is 2.36. The maximum Gasteiger partial charge on any atom is 0.277 e. The highest BCUT2D eigenvalue weighted by Crippen LogP contribution is 2.27. The second kappa shape index (κ2) is 8.47. The summed E-state index contributed by atoms with van der Waals surface area (Å²) in [6.07, 6.45) is 1.27. The smallest absolute Gasteiger partial charge is 0.277 e. The largest absolute Gasteiger partial charge is 0.336 e. The van der Waals surface area contributed by atoms with Crippen LogP contribution < -0.4 is 11.3 Å². The topological polar surface area (TPSA) is 92.1 Å². The quantitative estimate of drug-likeness (QED) is 0.852. The van der Waals surface area contributed by atoms with Crippen LogP contribution in [0.2, 0.25) is 0 Å². The Hall–Kier alpha value is -2.18. The van der Waals surface area contributed by atoms with E-state index in [9.17, 15) is 9.59 Å². The third-order valence-corrected chi connectivity index (χ3v) is 4.95. The number of hydrogen-bond acceptors (Lipinski definition) is 4. The van der Waals surface area contributed by atoms with Crippen molar-refractivity contribution >= 4 is 18.3 Å². The molecule has 1 saturated heterocycles. The number of amides is 1. The summed E-state index contributed by atoms with van der Waals surface area (Å²) in [7, 11) is 0. The Kier molecular flexibility index (Phi) is 6.56. The van der Waals surface area contributed by atoms with E-state index < -0.39 is 5.56 Å². The summed E-state index contributed by atoms with van der Waals surface area (Å²) in [6, 6.07) is 9.84. The van der Waals surface area contributed by atoms with Crippen LogP contribution in [-0.2, 0) is 12.8 Å². The van der Waals surface area contributed by atoms with Gasteiger partial charge in [-0.1, -0.05) is 44.2 Å². The zero-order valence-corrected chi connectivity index (χ0v) is 15.9. The molecule has 0 saturated carbocycles. The summed E-state index contributed by atoms with van der Waals surface area (Å²) in [6.45, 7) is 4.88. The Balaban J connectivity index is 0.00000243. The molecular formula is C19H25ClN4O2. The monoisotopic (exact) mass is 376 g/mol. The maximum absolute atomic E-state index is 13.1. The Morgan fingerprint density at radius 1 is 1.23 bits per heavy atom. The molecule has 0 bridgehead atoms. The third-order valence-electron chi connectivity index (χ3n) is 4.95. The number of aromatic amines is 1. The number of aryl methyl sites for hydroxylation is 1.